The van der Waals surface area contributed by atoms with Crippen LogP contribution in [0, 0.1) is 13.8 Å². The summed E-state index contributed by atoms with van der Waals surface area (Å²) in [6.45, 7) is 6.54. The largest absolute Gasteiger partial charge is 0.313 e. The van der Waals surface area contributed by atoms with Crippen molar-refractivity contribution in [1.29, 1.82) is 0 Å². The fourth-order valence-electron chi connectivity index (χ4n) is 3.83. The normalized spacial score (nSPS) is 15.8. The molecular formula is C22H24N2OS2. The van der Waals surface area contributed by atoms with Crippen molar-refractivity contribution < 1.29 is 4.79 Å². The zero-order valence-corrected chi connectivity index (χ0v) is 17.3. The molecule has 1 N–H and O–H groups in total. The van der Waals surface area contributed by atoms with E-state index in [-0.39, 0.29) is 11.9 Å². The van der Waals surface area contributed by atoms with Crippen LogP contribution in [-0.2, 0) is 0 Å². The molecule has 1 amide bonds. The zero-order valence-electron chi connectivity index (χ0n) is 15.7. The number of nitrogens with one attached hydrogen (secondary N) is 1. The van der Waals surface area contributed by atoms with Crippen LogP contribution in [0.15, 0.2) is 47.8 Å². The lowest BCUT2D eigenvalue weighted by molar-refractivity contribution is 0.103. The number of benzene rings is 1. The Labute approximate surface area is 168 Å². The highest BCUT2D eigenvalue weighted by Gasteiger charge is 2.30. The van der Waals surface area contributed by atoms with E-state index in [0.29, 0.717) is 0 Å². The van der Waals surface area contributed by atoms with Crippen LogP contribution in [0.4, 0.5) is 5.00 Å². The van der Waals surface area contributed by atoms with Crippen LogP contribution in [0.3, 0.4) is 0 Å². The van der Waals surface area contributed by atoms with Crippen LogP contribution in [0.1, 0.15) is 50.1 Å². The molecule has 3 aromatic rings. The molecule has 0 unspecified atom stereocenters. The molecule has 1 aromatic carbocycles. The SMILES string of the molecule is Cc1sc(NC(=O)c2cccs2)c([C@@H](c2ccccc2)N2CCCC2)c1C. The molecule has 1 saturated heterocycles. The third-order valence-electron chi connectivity index (χ3n) is 5.30. The summed E-state index contributed by atoms with van der Waals surface area (Å²) < 4.78 is 0. The summed E-state index contributed by atoms with van der Waals surface area (Å²) in [5.41, 5.74) is 3.85. The standard InChI is InChI=1S/C22H24N2OS2/c1-15-16(2)27-22(23-21(25)18-11-8-14-26-18)19(15)20(24-12-6-7-13-24)17-9-4-3-5-10-17/h3-5,8-11,14,20H,6-7,12-13H2,1-2H3,(H,23,25)/t20-/m1/s1. The van der Waals surface area contributed by atoms with Gasteiger partial charge < -0.3 is 5.32 Å². The number of carbonyl (C=O) groups excluding carboxylic acids is 1. The molecule has 3 heterocycles. The smallest absolute Gasteiger partial charge is 0.266 e. The summed E-state index contributed by atoms with van der Waals surface area (Å²) in [4.78, 5) is 17.3. The minimum absolute atomic E-state index is 0.0132. The number of carbonyl (C=O) groups is 1. The van der Waals surface area contributed by atoms with Gasteiger partial charge in [-0.05, 0) is 62.4 Å². The molecule has 0 radical (unpaired) electrons. The summed E-state index contributed by atoms with van der Waals surface area (Å²) in [7, 11) is 0. The first-order chi connectivity index (χ1) is 13.1. The van der Waals surface area contributed by atoms with E-state index in [1.165, 1.54) is 45.7 Å². The number of amides is 1. The third-order valence-corrected chi connectivity index (χ3v) is 7.31. The molecule has 3 nitrogen and oxygen atoms in total. The second-order valence-electron chi connectivity index (χ2n) is 7.01. The van der Waals surface area contributed by atoms with Crippen molar-refractivity contribution in [3.05, 3.63) is 74.3 Å². The Morgan fingerprint density at radius 3 is 2.48 bits per heavy atom. The molecule has 0 spiro atoms. The van der Waals surface area contributed by atoms with Crippen molar-refractivity contribution >= 4 is 33.6 Å². The maximum atomic E-state index is 12.7. The van der Waals surface area contributed by atoms with E-state index in [9.17, 15) is 4.79 Å². The number of anilines is 1. The Balaban J connectivity index is 1.76. The lowest BCUT2D eigenvalue weighted by atomic mass is 9.95. The van der Waals surface area contributed by atoms with Crippen molar-refractivity contribution in [2.24, 2.45) is 0 Å². The molecule has 2 aromatic heterocycles. The van der Waals surface area contributed by atoms with Gasteiger partial charge in [0.15, 0.2) is 0 Å². The predicted molar refractivity (Wildman–Crippen MR) is 115 cm³/mol. The highest BCUT2D eigenvalue weighted by atomic mass is 32.1. The molecule has 0 aliphatic carbocycles. The predicted octanol–water partition coefficient (Wildman–Crippen LogP) is 5.86. The van der Waals surface area contributed by atoms with E-state index in [1.54, 1.807) is 11.3 Å². The molecule has 5 heteroatoms. The number of nitrogens with zero attached hydrogens (tertiary/aromatic N) is 1. The number of rotatable bonds is 5. The quantitative estimate of drug-likeness (QED) is 0.585. The van der Waals surface area contributed by atoms with E-state index in [0.717, 1.165) is 23.0 Å². The van der Waals surface area contributed by atoms with E-state index in [2.05, 4.69) is 54.4 Å². The first-order valence-electron chi connectivity index (χ1n) is 9.39. The average molecular weight is 397 g/mol. The molecule has 27 heavy (non-hydrogen) atoms. The fraction of sp³-hybridized carbons (Fsp3) is 0.318. The van der Waals surface area contributed by atoms with Gasteiger partial charge in [0.1, 0.15) is 5.00 Å². The Morgan fingerprint density at radius 1 is 1.07 bits per heavy atom. The number of likely N-dealkylation sites (tertiary alicyclic amines) is 1. The highest BCUT2D eigenvalue weighted by Crippen LogP contribution is 2.43. The van der Waals surface area contributed by atoms with Gasteiger partial charge in [-0.2, -0.15) is 0 Å². The highest BCUT2D eigenvalue weighted by molar-refractivity contribution is 7.17. The van der Waals surface area contributed by atoms with Gasteiger partial charge in [-0.15, -0.1) is 22.7 Å². The summed E-state index contributed by atoms with van der Waals surface area (Å²) in [6, 6.07) is 14.7. The number of thiophene rings is 2. The summed E-state index contributed by atoms with van der Waals surface area (Å²) in [5, 5.41) is 6.14. The maximum Gasteiger partial charge on any atom is 0.266 e. The van der Waals surface area contributed by atoms with Crippen molar-refractivity contribution in [3.63, 3.8) is 0 Å². The number of hydrogen-bond acceptors (Lipinski definition) is 4. The molecule has 4 rings (SSSR count). The lowest BCUT2D eigenvalue weighted by Gasteiger charge is -2.29. The third kappa shape index (κ3) is 3.72. The van der Waals surface area contributed by atoms with Crippen LogP contribution in [0.5, 0.6) is 0 Å². The van der Waals surface area contributed by atoms with Gasteiger partial charge in [-0.25, -0.2) is 0 Å². The fourth-order valence-corrected chi connectivity index (χ4v) is 5.54. The Kier molecular flexibility index (Phi) is 5.43. The van der Waals surface area contributed by atoms with E-state index in [4.69, 9.17) is 0 Å². The first-order valence-corrected chi connectivity index (χ1v) is 11.1. The molecule has 0 bridgehead atoms. The van der Waals surface area contributed by atoms with Gasteiger partial charge >= 0.3 is 0 Å². The van der Waals surface area contributed by atoms with Gasteiger partial charge in [0.25, 0.3) is 5.91 Å². The van der Waals surface area contributed by atoms with Gasteiger partial charge in [-0.3, -0.25) is 9.69 Å². The molecule has 140 valence electrons. The van der Waals surface area contributed by atoms with Crippen LogP contribution >= 0.6 is 22.7 Å². The number of aryl methyl sites for hydroxylation is 1. The first kappa shape index (κ1) is 18.4. The monoisotopic (exact) mass is 396 g/mol. The van der Waals surface area contributed by atoms with E-state index in [1.807, 2.05) is 17.5 Å². The van der Waals surface area contributed by atoms with E-state index < -0.39 is 0 Å². The molecule has 1 fully saturated rings. The summed E-state index contributed by atoms with van der Waals surface area (Å²) >= 11 is 3.17. The maximum absolute atomic E-state index is 12.7. The van der Waals surface area contributed by atoms with Crippen molar-refractivity contribution in [2.45, 2.75) is 32.7 Å². The molecule has 1 aliphatic heterocycles. The lowest BCUT2D eigenvalue weighted by Crippen LogP contribution is -2.27. The second-order valence-corrected chi connectivity index (χ2v) is 9.19. The van der Waals surface area contributed by atoms with Gasteiger partial charge in [0.2, 0.25) is 0 Å². The van der Waals surface area contributed by atoms with Crippen molar-refractivity contribution in [2.75, 3.05) is 18.4 Å². The van der Waals surface area contributed by atoms with Gasteiger partial charge in [0.05, 0.1) is 10.9 Å². The Bertz CT molecular complexity index is 909. The zero-order chi connectivity index (χ0) is 18.8. The van der Waals surface area contributed by atoms with Crippen LogP contribution in [0.2, 0.25) is 0 Å². The van der Waals surface area contributed by atoms with Crippen LogP contribution in [0.25, 0.3) is 0 Å². The topological polar surface area (TPSA) is 32.3 Å². The van der Waals surface area contributed by atoms with Gasteiger partial charge in [0, 0.05) is 10.4 Å². The minimum Gasteiger partial charge on any atom is -0.313 e. The minimum atomic E-state index is -0.0132. The van der Waals surface area contributed by atoms with E-state index >= 15 is 0 Å². The molecule has 1 atom stereocenters. The molecule has 0 saturated carbocycles. The van der Waals surface area contributed by atoms with Crippen molar-refractivity contribution in [1.82, 2.24) is 4.90 Å². The van der Waals surface area contributed by atoms with Crippen molar-refractivity contribution in [3.8, 4) is 0 Å². The average Bonchev–Trinajstić information content (AvgIpc) is 3.42. The number of hydrogen-bond donors (Lipinski definition) is 1. The summed E-state index contributed by atoms with van der Waals surface area (Å²) in [6.07, 6.45) is 2.48. The van der Waals surface area contributed by atoms with Gasteiger partial charge in [-0.1, -0.05) is 36.4 Å². The second kappa shape index (κ2) is 7.97. The molecule has 1 aliphatic rings. The molecular weight excluding hydrogens is 372 g/mol. The van der Waals surface area contributed by atoms with Crippen LogP contribution in [-0.4, -0.2) is 23.9 Å². The van der Waals surface area contributed by atoms with Crippen LogP contribution < -0.4 is 5.32 Å². The summed E-state index contributed by atoms with van der Waals surface area (Å²) in [5.74, 6) is -0.0132. The Hall–Kier alpha value is -1.95. The Morgan fingerprint density at radius 2 is 1.81 bits per heavy atom.